The lowest BCUT2D eigenvalue weighted by Gasteiger charge is -2.32. The molecule has 1 aliphatic rings. The molecule has 0 bridgehead atoms. The maximum absolute atomic E-state index is 10.4. The highest BCUT2D eigenvalue weighted by Crippen LogP contribution is 2.25. The number of carbonyl (C=O) groups is 1. The first-order valence-corrected chi connectivity index (χ1v) is 3.20. The smallest absolute Gasteiger partial charge is 0.220 e. The molecule has 3 N–H and O–H groups in total. The van der Waals surface area contributed by atoms with E-state index in [0.29, 0.717) is 6.04 Å². The number of amides is 1. The van der Waals surface area contributed by atoms with Crippen LogP contribution in [0.5, 0.6) is 0 Å². The van der Waals surface area contributed by atoms with Gasteiger partial charge in [0.05, 0.1) is 0 Å². The Morgan fingerprint density at radius 2 is 2.10 bits per heavy atom. The number of hydrogen-bond donors (Lipinski definition) is 2. The molecule has 1 amide bonds. The normalized spacial score (nSPS) is 30.1. The molecule has 0 spiro atoms. The Balaban J connectivity index is 0.000000810. The van der Waals surface area contributed by atoms with Gasteiger partial charge in [-0.2, -0.15) is 0 Å². The van der Waals surface area contributed by atoms with Crippen LogP contribution in [0.1, 0.15) is 12.8 Å². The third-order valence-electron chi connectivity index (χ3n) is 1.95. The van der Waals surface area contributed by atoms with E-state index in [0.717, 1.165) is 12.8 Å². The van der Waals surface area contributed by atoms with Crippen LogP contribution in [-0.4, -0.2) is 19.0 Å². The molecule has 0 atom stereocenters. The van der Waals surface area contributed by atoms with Crippen molar-refractivity contribution in [3.05, 3.63) is 0 Å². The first-order valence-electron chi connectivity index (χ1n) is 3.20. The molecule has 0 aliphatic heterocycles. The molecule has 0 aromatic heterocycles. The van der Waals surface area contributed by atoms with Gasteiger partial charge in [0.25, 0.3) is 0 Å². The maximum Gasteiger partial charge on any atom is 0.220 e. The highest BCUT2D eigenvalue weighted by molar-refractivity contribution is 5.85. The zero-order chi connectivity index (χ0) is 6.85. The third-order valence-corrected chi connectivity index (χ3v) is 1.95. The minimum absolute atomic E-state index is 0. The molecule has 1 saturated carbocycles. The molecule has 60 valence electrons. The fourth-order valence-corrected chi connectivity index (χ4v) is 1.09. The van der Waals surface area contributed by atoms with E-state index in [4.69, 9.17) is 5.73 Å². The van der Waals surface area contributed by atoms with Crippen LogP contribution in [0.2, 0.25) is 0 Å². The largest absolute Gasteiger partial charge is 0.369 e. The van der Waals surface area contributed by atoms with E-state index >= 15 is 0 Å². The van der Waals surface area contributed by atoms with Crippen LogP contribution in [0.15, 0.2) is 0 Å². The van der Waals surface area contributed by atoms with Crippen molar-refractivity contribution in [2.75, 3.05) is 7.05 Å². The van der Waals surface area contributed by atoms with Gasteiger partial charge < -0.3 is 11.1 Å². The lowest BCUT2D eigenvalue weighted by molar-refractivity contribution is -0.124. The molecule has 0 radical (unpaired) electrons. The van der Waals surface area contributed by atoms with E-state index in [9.17, 15) is 4.79 Å². The van der Waals surface area contributed by atoms with Crippen molar-refractivity contribution in [3.8, 4) is 0 Å². The molecule has 1 fully saturated rings. The molecule has 0 saturated heterocycles. The van der Waals surface area contributed by atoms with Crippen LogP contribution in [0.3, 0.4) is 0 Å². The summed E-state index contributed by atoms with van der Waals surface area (Å²) in [5.74, 6) is -0.0102. The first-order chi connectivity index (χ1) is 4.24. The monoisotopic (exact) mass is 164 g/mol. The summed E-state index contributed by atoms with van der Waals surface area (Å²) in [4.78, 5) is 10.4. The van der Waals surface area contributed by atoms with Gasteiger partial charge in [0.15, 0.2) is 0 Å². The van der Waals surface area contributed by atoms with E-state index in [2.05, 4.69) is 5.32 Å². The van der Waals surface area contributed by atoms with E-state index in [1.54, 1.807) is 0 Å². The number of carbonyl (C=O) groups excluding carboxylic acids is 1. The molecule has 1 rings (SSSR count). The van der Waals surface area contributed by atoms with Gasteiger partial charge >= 0.3 is 0 Å². The molecule has 3 nitrogen and oxygen atoms in total. The fraction of sp³-hybridized carbons (Fsp3) is 0.833. The van der Waals surface area contributed by atoms with Crippen LogP contribution in [-0.2, 0) is 4.79 Å². The molecule has 10 heavy (non-hydrogen) atoms. The zero-order valence-electron chi connectivity index (χ0n) is 5.96. The van der Waals surface area contributed by atoms with Crippen LogP contribution in [0.25, 0.3) is 0 Å². The predicted octanol–water partition coefficient (Wildman–Crippen LogP) is -0.109. The number of halogens is 1. The molecule has 1 aliphatic carbocycles. The summed E-state index contributed by atoms with van der Waals surface area (Å²) in [5, 5.41) is 3.08. The van der Waals surface area contributed by atoms with Crippen molar-refractivity contribution in [2.24, 2.45) is 11.7 Å². The van der Waals surface area contributed by atoms with Crippen molar-refractivity contribution in [1.29, 1.82) is 0 Å². The summed E-state index contributed by atoms with van der Waals surface area (Å²) >= 11 is 0. The number of nitrogens with two attached hydrogens (primary N) is 1. The quantitative estimate of drug-likeness (QED) is 0.599. The lowest BCUT2D eigenvalue weighted by Crippen LogP contribution is -2.44. The summed E-state index contributed by atoms with van der Waals surface area (Å²) in [5.41, 5.74) is 5.05. The molecule has 0 unspecified atom stereocenters. The Kier molecular flexibility index (Phi) is 3.68. The number of rotatable bonds is 2. The number of hydrogen-bond acceptors (Lipinski definition) is 2. The number of nitrogens with one attached hydrogen (secondary N) is 1. The fourth-order valence-electron chi connectivity index (χ4n) is 1.09. The van der Waals surface area contributed by atoms with Crippen molar-refractivity contribution in [2.45, 2.75) is 18.9 Å². The van der Waals surface area contributed by atoms with Crippen LogP contribution >= 0.6 is 12.4 Å². The molecular formula is C6H13ClN2O. The van der Waals surface area contributed by atoms with E-state index in [1.165, 1.54) is 0 Å². The SMILES string of the molecule is CNC1CC(C(N)=O)C1.Cl. The molecular weight excluding hydrogens is 152 g/mol. The van der Waals surface area contributed by atoms with Gasteiger partial charge in [-0.1, -0.05) is 0 Å². The van der Waals surface area contributed by atoms with Crippen LogP contribution in [0, 0.1) is 5.92 Å². The predicted molar refractivity (Wildman–Crippen MR) is 42.0 cm³/mol. The van der Waals surface area contributed by atoms with Gasteiger partial charge in [-0.25, -0.2) is 0 Å². The topological polar surface area (TPSA) is 55.1 Å². The Labute approximate surface area is 66.8 Å². The van der Waals surface area contributed by atoms with Gasteiger partial charge in [-0.05, 0) is 19.9 Å². The standard InChI is InChI=1S/C6H12N2O.ClH/c1-8-5-2-4(3-5)6(7)9;/h4-5,8H,2-3H2,1H3,(H2,7,9);1H. The highest BCUT2D eigenvalue weighted by Gasteiger charge is 2.31. The van der Waals surface area contributed by atoms with Crippen LogP contribution < -0.4 is 11.1 Å². The second-order valence-electron chi connectivity index (χ2n) is 2.56. The molecule has 4 heteroatoms. The average Bonchev–Trinajstić information content (AvgIpc) is 1.61. The molecule has 0 aromatic rings. The van der Waals surface area contributed by atoms with Gasteiger partial charge in [-0.15, -0.1) is 12.4 Å². The zero-order valence-corrected chi connectivity index (χ0v) is 6.78. The summed E-state index contributed by atoms with van der Waals surface area (Å²) in [6, 6.07) is 0.530. The van der Waals surface area contributed by atoms with Crippen molar-refractivity contribution in [3.63, 3.8) is 0 Å². The Morgan fingerprint density at radius 1 is 1.60 bits per heavy atom. The van der Waals surface area contributed by atoms with Crippen molar-refractivity contribution < 1.29 is 4.79 Å². The summed E-state index contributed by atoms with van der Waals surface area (Å²) < 4.78 is 0. The highest BCUT2D eigenvalue weighted by atomic mass is 35.5. The molecule has 0 heterocycles. The maximum atomic E-state index is 10.4. The average molecular weight is 165 g/mol. The van der Waals surface area contributed by atoms with E-state index in [1.807, 2.05) is 7.05 Å². The number of primary amides is 1. The van der Waals surface area contributed by atoms with E-state index in [-0.39, 0.29) is 24.2 Å². The first kappa shape index (κ1) is 9.72. The minimum Gasteiger partial charge on any atom is -0.369 e. The summed E-state index contributed by atoms with van der Waals surface area (Å²) in [7, 11) is 1.90. The van der Waals surface area contributed by atoms with Gasteiger partial charge in [-0.3, -0.25) is 4.79 Å². The molecule has 0 aromatic carbocycles. The Morgan fingerprint density at radius 3 is 2.40 bits per heavy atom. The van der Waals surface area contributed by atoms with Gasteiger partial charge in [0, 0.05) is 12.0 Å². The van der Waals surface area contributed by atoms with Crippen LogP contribution in [0.4, 0.5) is 0 Å². The second kappa shape index (κ2) is 3.78. The van der Waals surface area contributed by atoms with Crippen molar-refractivity contribution >= 4 is 18.3 Å². The summed E-state index contributed by atoms with van der Waals surface area (Å²) in [6.45, 7) is 0. The Hall–Kier alpha value is -0.280. The van der Waals surface area contributed by atoms with Gasteiger partial charge in [0.2, 0.25) is 5.91 Å². The Bertz CT molecular complexity index is 123. The summed E-state index contributed by atoms with van der Waals surface area (Å²) in [6.07, 6.45) is 1.84. The third kappa shape index (κ3) is 1.85. The lowest BCUT2D eigenvalue weighted by atomic mass is 9.80. The van der Waals surface area contributed by atoms with E-state index < -0.39 is 0 Å². The van der Waals surface area contributed by atoms with Crippen molar-refractivity contribution in [1.82, 2.24) is 5.32 Å². The second-order valence-corrected chi connectivity index (χ2v) is 2.56. The minimum atomic E-state index is -0.151. The van der Waals surface area contributed by atoms with Gasteiger partial charge in [0.1, 0.15) is 0 Å².